The number of hydrogen-bond acceptors (Lipinski definition) is 4. The van der Waals surface area contributed by atoms with Crippen LogP contribution in [0.3, 0.4) is 0 Å². The molecule has 3 heterocycles. The zero-order valence-corrected chi connectivity index (χ0v) is 19.4. The summed E-state index contributed by atoms with van der Waals surface area (Å²) >= 11 is 0. The van der Waals surface area contributed by atoms with Gasteiger partial charge >= 0.3 is 0 Å². The van der Waals surface area contributed by atoms with E-state index in [1.54, 1.807) is 12.5 Å². The quantitative estimate of drug-likeness (QED) is 0.338. The molecule has 1 aliphatic rings. The third-order valence-electron chi connectivity index (χ3n) is 6.23. The number of fused-ring (bicyclic) bond motifs is 1. The van der Waals surface area contributed by atoms with Gasteiger partial charge in [-0.2, -0.15) is 5.10 Å². The van der Waals surface area contributed by atoms with Crippen molar-refractivity contribution < 1.29 is 9.53 Å². The number of rotatable bonds is 10. The van der Waals surface area contributed by atoms with Gasteiger partial charge in [-0.3, -0.25) is 9.89 Å². The predicted molar refractivity (Wildman–Crippen MR) is 131 cm³/mol. The Morgan fingerprint density at radius 3 is 2.74 bits per heavy atom. The molecule has 2 aromatic heterocycles. The van der Waals surface area contributed by atoms with E-state index < -0.39 is 0 Å². The van der Waals surface area contributed by atoms with Crippen LogP contribution in [0.4, 0.5) is 0 Å². The molecule has 1 amide bonds. The van der Waals surface area contributed by atoms with Crippen LogP contribution < -0.4 is 4.74 Å². The summed E-state index contributed by atoms with van der Waals surface area (Å²) in [5.74, 6) is 0.813. The number of hydrogen-bond donors (Lipinski definition) is 1. The number of ether oxygens (including phenoxy) is 1. The molecule has 174 valence electrons. The van der Waals surface area contributed by atoms with E-state index in [0.29, 0.717) is 18.8 Å². The van der Waals surface area contributed by atoms with E-state index in [4.69, 9.17) is 4.74 Å². The lowest BCUT2D eigenvalue weighted by Gasteiger charge is -2.27. The highest BCUT2D eigenvalue weighted by atomic mass is 16.5. The maximum absolute atomic E-state index is 13.5. The van der Waals surface area contributed by atoms with E-state index in [1.807, 2.05) is 58.1 Å². The fourth-order valence-electron chi connectivity index (χ4n) is 4.54. The smallest absolute Gasteiger partial charge is 0.273 e. The van der Waals surface area contributed by atoms with Gasteiger partial charge in [0.05, 0.1) is 24.7 Å². The summed E-state index contributed by atoms with van der Waals surface area (Å²) in [5.41, 5.74) is 4.35. The number of benzene rings is 2. The molecule has 0 saturated heterocycles. The van der Waals surface area contributed by atoms with Crippen molar-refractivity contribution in [1.29, 1.82) is 0 Å². The molecule has 0 fully saturated rings. The zero-order chi connectivity index (χ0) is 23.3. The maximum Gasteiger partial charge on any atom is 0.273 e. The number of nitrogens with zero attached hydrogens (tertiary/aromatic N) is 4. The van der Waals surface area contributed by atoms with Gasteiger partial charge in [-0.15, -0.1) is 0 Å². The number of aryl methyl sites for hydroxylation is 1. The van der Waals surface area contributed by atoms with E-state index in [0.717, 1.165) is 53.9 Å². The number of carbonyl (C=O) groups is 1. The van der Waals surface area contributed by atoms with Gasteiger partial charge in [-0.05, 0) is 30.5 Å². The molecule has 4 aromatic rings. The molecular weight excluding hydrogens is 426 g/mol. The summed E-state index contributed by atoms with van der Waals surface area (Å²) < 4.78 is 8.02. The molecule has 5 rings (SSSR count). The average molecular weight is 456 g/mol. The Morgan fingerprint density at radius 1 is 1.06 bits per heavy atom. The molecule has 2 aromatic carbocycles. The van der Waals surface area contributed by atoms with Gasteiger partial charge in [0.25, 0.3) is 5.91 Å². The largest absolute Gasteiger partial charge is 0.494 e. The minimum Gasteiger partial charge on any atom is -0.494 e. The van der Waals surface area contributed by atoms with Gasteiger partial charge in [-0.25, -0.2) is 4.98 Å². The van der Waals surface area contributed by atoms with Crippen molar-refractivity contribution in [2.75, 3.05) is 13.2 Å². The lowest BCUT2D eigenvalue weighted by Crippen LogP contribution is -2.31. The number of aromatic amines is 1. The van der Waals surface area contributed by atoms with E-state index in [9.17, 15) is 4.79 Å². The third-order valence-corrected chi connectivity index (χ3v) is 6.23. The van der Waals surface area contributed by atoms with Gasteiger partial charge < -0.3 is 14.2 Å². The monoisotopic (exact) mass is 455 g/mol. The molecular formula is C27H29N5O2. The highest BCUT2D eigenvalue weighted by Gasteiger charge is 2.42. The van der Waals surface area contributed by atoms with Crippen LogP contribution in [-0.4, -0.2) is 43.7 Å². The van der Waals surface area contributed by atoms with Crippen LogP contribution >= 0.6 is 0 Å². The number of carbonyl (C=O) groups excluding carboxylic acids is 1. The number of nitrogens with one attached hydrogen (secondary N) is 1. The van der Waals surface area contributed by atoms with Gasteiger partial charge in [0.1, 0.15) is 11.4 Å². The SMILES string of the molecule is CCCCOc1cccc(C2c3c(-c4ccccc4)n[nH]c3C(=O)N2CCCn2ccnc2)c1. The molecule has 0 bridgehead atoms. The van der Waals surface area contributed by atoms with Crippen molar-refractivity contribution in [2.45, 2.75) is 38.8 Å². The lowest BCUT2D eigenvalue weighted by atomic mass is 9.96. The first-order chi connectivity index (χ1) is 16.8. The highest BCUT2D eigenvalue weighted by molar-refractivity contribution is 6.00. The summed E-state index contributed by atoms with van der Waals surface area (Å²) in [6.45, 7) is 4.26. The number of unbranched alkanes of at least 4 members (excludes halogenated alkanes) is 1. The summed E-state index contributed by atoms with van der Waals surface area (Å²) in [5, 5.41) is 7.59. The Hall–Kier alpha value is -3.87. The average Bonchev–Trinajstić information content (AvgIpc) is 3.59. The summed E-state index contributed by atoms with van der Waals surface area (Å²) in [6, 6.07) is 17.9. The van der Waals surface area contributed by atoms with Crippen LogP contribution in [-0.2, 0) is 6.54 Å². The maximum atomic E-state index is 13.5. The molecule has 1 aliphatic heterocycles. The second-order valence-corrected chi connectivity index (χ2v) is 8.56. The first-order valence-electron chi connectivity index (χ1n) is 11.9. The van der Waals surface area contributed by atoms with Gasteiger partial charge in [0, 0.05) is 36.6 Å². The molecule has 34 heavy (non-hydrogen) atoms. The zero-order valence-electron chi connectivity index (χ0n) is 19.4. The molecule has 1 atom stereocenters. The Bertz CT molecular complexity index is 1230. The third kappa shape index (κ3) is 4.33. The lowest BCUT2D eigenvalue weighted by molar-refractivity contribution is 0.0739. The predicted octanol–water partition coefficient (Wildman–Crippen LogP) is 5.09. The minimum atomic E-state index is -0.228. The summed E-state index contributed by atoms with van der Waals surface area (Å²) in [6.07, 6.45) is 8.44. The van der Waals surface area contributed by atoms with Gasteiger partial charge in [0.2, 0.25) is 0 Å². The molecule has 7 heteroatoms. The molecule has 7 nitrogen and oxygen atoms in total. The van der Waals surface area contributed by atoms with Crippen LogP contribution in [0, 0.1) is 0 Å². The molecule has 1 N–H and O–H groups in total. The second kappa shape index (κ2) is 9.95. The van der Waals surface area contributed by atoms with Crippen molar-refractivity contribution in [3.05, 3.63) is 90.1 Å². The van der Waals surface area contributed by atoms with E-state index >= 15 is 0 Å². The first-order valence-corrected chi connectivity index (χ1v) is 11.9. The van der Waals surface area contributed by atoms with Crippen molar-refractivity contribution in [3.63, 3.8) is 0 Å². The Morgan fingerprint density at radius 2 is 1.94 bits per heavy atom. The van der Waals surface area contributed by atoms with Crippen LogP contribution in [0.15, 0.2) is 73.3 Å². The van der Waals surface area contributed by atoms with Gasteiger partial charge in [0.15, 0.2) is 0 Å². The normalized spacial score (nSPS) is 15.0. The molecule has 0 spiro atoms. The highest BCUT2D eigenvalue weighted by Crippen LogP contribution is 2.43. The molecule has 0 radical (unpaired) electrons. The topological polar surface area (TPSA) is 76.0 Å². The van der Waals surface area contributed by atoms with Crippen molar-refractivity contribution in [3.8, 4) is 17.0 Å². The fraction of sp³-hybridized carbons (Fsp3) is 0.296. The van der Waals surface area contributed by atoms with Crippen LogP contribution in [0.5, 0.6) is 5.75 Å². The standard InChI is InChI=1S/C27H29N5O2/c1-2-3-17-34-22-12-7-11-21(18-22)26-23-24(20-9-5-4-6-10-20)29-30-25(23)27(33)32(26)15-8-14-31-16-13-28-19-31/h4-7,9-13,16,18-19,26H,2-3,8,14-15,17H2,1H3,(H,29,30). The van der Waals surface area contributed by atoms with Crippen LogP contribution in [0.25, 0.3) is 11.3 Å². The Kier molecular flexibility index (Phi) is 6.42. The van der Waals surface area contributed by atoms with Crippen molar-refractivity contribution in [2.24, 2.45) is 0 Å². The Balaban J connectivity index is 1.49. The molecule has 0 saturated carbocycles. The number of amides is 1. The van der Waals surface area contributed by atoms with E-state index in [1.165, 1.54) is 0 Å². The van der Waals surface area contributed by atoms with Gasteiger partial charge in [-0.1, -0.05) is 55.8 Å². The van der Waals surface area contributed by atoms with E-state index in [2.05, 4.69) is 34.2 Å². The molecule has 1 unspecified atom stereocenters. The summed E-state index contributed by atoms with van der Waals surface area (Å²) in [7, 11) is 0. The van der Waals surface area contributed by atoms with Crippen LogP contribution in [0.2, 0.25) is 0 Å². The number of H-pyrrole nitrogens is 1. The van der Waals surface area contributed by atoms with Crippen LogP contribution in [0.1, 0.15) is 53.8 Å². The Labute approximate surface area is 199 Å². The fourth-order valence-corrected chi connectivity index (χ4v) is 4.54. The second-order valence-electron chi connectivity index (χ2n) is 8.56. The number of aromatic nitrogens is 4. The first kappa shape index (κ1) is 21.9. The summed E-state index contributed by atoms with van der Waals surface area (Å²) in [4.78, 5) is 19.6. The number of imidazole rings is 1. The minimum absolute atomic E-state index is 0.0161. The van der Waals surface area contributed by atoms with Crippen molar-refractivity contribution in [1.82, 2.24) is 24.6 Å². The van der Waals surface area contributed by atoms with E-state index in [-0.39, 0.29) is 11.9 Å². The molecule has 0 aliphatic carbocycles. The van der Waals surface area contributed by atoms with Crippen molar-refractivity contribution >= 4 is 5.91 Å².